The molecular formula is C28H29Cl2FN2O2. The molecule has 7 heteroatoms. The van der Waals surface area contributed by atoms with Crippen LogP contribution in [0.1, 0.15) is 30.5 Å². The minimum absolute atomic E-state index is 0.0793. The molecule has 0 bridgehead atoms. The molecule has 0 heterocycles. The monoisotopic (exact) mass is 514 g/mol. The smallest absolute Gasteiger partial charge is 0.243 e. The summed E-state index contributed by atoms with van der Waals surface area (Å²) in [4.78, 5) is 28.5. The highest BCUT2D eigenvalue weighted by atomic mass is 35.5. The molecule has 0 fully saturated rings. The van der Waals surface area contributed by atoms with Crippen LogP contribution in [-0.2, 0) is 29.0 Å². The zero-order valence-corrected chi connectivity index (χ0v) is 21.3. The molecule has 184 valence electrons. The predicted octanol–water partition coefficient (Wildman–Crippen LogP) is 6.09. The van der Waals surface area contributed by atoms with Crippen molar-refractivity contribution in [3.05, 3.63) is 105 Å². The molecule has 0 spiro atoms. The fraction of sp³-hybridized carbons (Fsp3) is 0.286. The first kappa shape index (κ1) is 26.7. The van der Waals surface area contributed by atoms with Gasteiger partial charge >= 0.3 is 0 Å². The predicted molar refractivity (Wildman–Crippen MR) is 139 cm³/mol. The number of nitrogens with zero attached hydrogens (tertiary/aromatic N) is 1. The van der Waals surface area contributed by atoms with Crippen molar-refractivity contribution >= 4 is 35.0 Å². The van der Waals surface area contributed by atoms with Crippen LogP contribution in [-0.4, -0.2) is 29.3 Å². The lowest BCUT2D eigenvalue weighted by Gasteiger charge is -2.32. The highest BCUT2D eigenvalue weighted by Crippen LogP contribution is 2.25. The van der Waals surface area contributed by atoms with Crippen molar-refractivity contribution in [2.45, 2.75) is 39.3 Å². The van der Waals surface area contributed by atoms with Gasteiger partial charge in [0.15, 0.2) is 0 Å². The molecule has 0 saturated heterocycles. The van der Waals surface area contributed by atoms with E-state index in [1.165, 1.54) is 11.0 Å². The van der Waals surface area contributed by atoms with Gasteiger partial charge in [0.1, 0.15) is 11.9 Å². The van der Waals surface area contributed by atoms with Crippen LogP contribution in [0, 0.1) is 11.7 Å². The van der Waals surface area contributed by atoms with E-state index in [9.17, 15) is 14.0 Å². The van der Waals surface area contributed by atoms with E-state index in [-0.39, 0.29) is 36.3 Å². The standard InChI is InChI=1S/C28H29Cl2FN2O2/c1-19(2)17-32-28(35)26(14-20-8-4-3-5-9-20)33(18-22-12-13-23(29)16-24(22)30)27(34)15-21-10-6-7-11-25(21)31/h3-13,16,19,26H,14-15,17-18H2,1-2H3,(H,32,35). The fourth-order valence-electron chi connectivity index (χ4n) is 3.72. The second kappa shape index (κ2) is 12.7. The molecule has 2 amide bonds. The number of benzene rings is 3. The third kappa shape index (κ3) is 7.81. The number of nitrogens with one attached hydrogen (secondary N) is 1. The average Bonchev–Trinajstić information content (AvgIpc) is 2.83. The number of amides is 2. The lowest BCUT2D eigenvalue weighted by molar-refractivity contribution is -0.140. The molecule has 0 aliphatic rings. The maximum Gasteiger partial charge on any atom is 0.243 e. The quantitative estimate of drug-likeness (QED) is 0.356. The largest absolute Gasteiger partial charge is 0.354 e. The molecule has 1 atom stereocenters. The molecular weight excluding hydrogens is 486 g/mol. The number of carbonyl (C=O) groups is 2. The van der Waals surface area contributed by atoms with Crippen molar-refractivity contribution < 1.29 is 14.0 Å². The minimum Gasteiger partial charge on any atom is -0.354 e. The molecule has 3 aromatic rings. The van der Waals surface area contributed by atoms with Gasteiger partial charge < -0.3 is 10.2 Å². The summed E-state index contributed by atoms with van der Waals surface area (Å²) in [7, 11) is 0. The average molecular weight is 515 g/mol. The highest BCUT2D eigenvalue weighted by molar-refractivity contribution is 6.35. The van der Waals surface area contributed by atoms with E-state index in [4.69, 9.17) is 23.2 Å². The van der Waals surface area contributed by atoms with Crippen molar-refractivity contribution in [2.75, 3.05) is 6.54 Å². The summed E-state index contributed by atoms with van der Waals surface area (Å²) in [5.74, 6) is -0.866. The molecule has 1 N–H and O–H groups in total. The van der Waals surface area contributed by atoms with Crippen molar-refractivity contribution in [2.24, 2.45) is 5.92 Å². The van der Waals surface area contributed by atoms with Crippen LogP contribution in [0.15, 0.2) is 72.8 Å². The van der Waals surface area contributed by atoms with Crippen molar-refractivity contribution in [1.29, 1.82) is 0 Å². The fourth-order valence-corrected chi connectivity index (χ4v) is 4.18. The topological polar surface area (TPSA) is 49.4 Å². The van der Waals surface area contributed by atoms with Gasteiger partial charge in [-0.25, -0.2) is 4.39 Å². The van der Waals surface area contributed by atoms with Gasteiger partial charge in [0.05, 0.1) is 6.42 Å². The Kier molecular flexibility index (Phi) is 9.70. The lowest BCUT2D eigenvalue weighted by Crippen LogP contribution is -2.51. The lowest BCUT2D eigenvalue weighted by atomic mass is 10.0. The van der Waals surface area contributed by atoms with E-state index >= 15 is 0 Å². The number of halogens is 3. The summed E-state index contributed by atoms with van der Waals surface area (Å²) >= 11 is 12.5. The van der Waals surface area contributed by atoms with Gasteiger partial charge in [-0.15, -0.1) is 0 Å². The zero-order chi connectivity index (χ0) is 25.4. The first-order valence-corrected chi connectivity index (χ1v) is 12.3. The van der Waals surface area contributed by atoms with Gasteiger partial charge in [0, 0.05) is 29.6 Å². The molecule has 4 nitrogen and oxygen atoms in total. The maximum atomic E-state index is 14.4. The first-order valence-electron chi connectivity index (χ1n) is 11.5. The van der Waals surface area contributed by atoms with Gasteiger partial charge in [-0.05, 0) is 40.8 Å². The summed E-state index contributed by atoms with van der Waals surface area (Å²) < 4.78 is 14.4. The van der Waals surface area contributed by atoms with Crippen LogP contribution in [0.25, 0.3) is 0 Å². The molecule has 3 aromatic carbocycles. The van der Waals surface area contributed by atoms with Crippen LogP contribution in [0.2, 0.25) is 10.0 Å². The van der Waals surface area contributed by atoms with Gasteiger partial charge in [-0.1, -0.05) is 91.6 Å². The molecule has 0 aromatic heterocycles. The second-order valence-electron chi connectivity index (χ2n) is 8.87. The van der Waals surface area contributed by atoms with Gasteiger partial charge in [0.2, 0.25) is 11.8 Å². The second-order valence-corrected chi connectivity index (χ2v) is 9.71. The molecule has 0 aliphatic heterocycles. The third-order valence-corrected chi connectivity index (χ3v) is 6.20. The number of hydrogen-bond acceptors (Lipinski definition) is 2. The summed E-state index contributed by atoms with van der Waals surface area (Å²) in [6.07, 6.45) is 0.125. The van der Waals surface area contributed by atoms with Crippen molar-refractivity contribution in [3.63, 3.8) is 0 Å². The van der Waals surface area contributed by atoms with Gasteiger partial charge in [0.25, 0.3) is 0 Å². The molecule has 3 rings (SSSR count). The van der Waals surface area contributed by atoms with Crippen LogP contribution >= 0.6 is 23.2 Å². The molecule has 0 saturated carbocycles. The Morgan fingerprint density at radius 1 is 0.943 bits per heavy atom. The molecule has 1 unspecified atom stereocenters. The first-order chi connectivity index (χ1) is 16.7. The van der Waals surface area contributed by atoms with Crippen LogP contribution < -0.4 is 5.32 Å². The summed E-state index contributed by atoms with van der Waals surface area (Å²) in [5, 5.41) is 3.82. The third-order valence-electron chi connectivity index (χ3n) is 5.61. The number of rotatable bonds is 10. The summed E-state index contributed by atoms with van der Waals surface area (Å²) in [5.41, 5.74) is 1.82. The Balaban J connectivity index is 2.00. The maximum absolute atomic E-state index is 14.4. The van der Waals surface area contributed by atoms with E-state index in [2.05, 4.69) is 5.32 Å². The normalized spacial score (nSPS) is 11.8. The van der Waals surface area contributed by atoms with E-state index in [0.717, 1.165) is 5.56 Å². The van der Waals surface area contributed by atoms with E-state index in [1.54, 1.807) is 36.4 Å². The Morgan fingerprint density at radius 2 is 1.63 bits per heavy atom. The number of hydrogen-bond donors (Lipinski definition) is 1. The SMILES string of the molecule is CC(C)CNC(=O)C(Cc1ccccc1)N(Cc1ccc(Cl)cc1Cl)C(=O)Cc1ccccc1F. The Morgan fingerprint density at radius 3 is 2.29 bits per heavy atom. The Labute approximate surface area is 216 Å². The van der Waals surface area contributed by atoms with Crippen molar-refractivity contribution in [3.8, 4) is 0 Å². The van der Waals surface area contributed by atoms with Gasteiger partial charge in [-0.3, -0.25) is 9.59 Å². The molecule has 0 aliphatic carbocycles. The van der Waals surface area contributed by atoms with E-state index in [1.807, 2.05) is 44.2 Å². The van der Waals surface area contributed by atoms with E-state index < -0.39 is 11.9 Å². The van der Waals surface area contributed by atoms with Crippen LogP contribution in [0.4, 0.5) is 4.39 Å². The van der Waals surface area contributed by atoms with Crippen molar-refractivity contribution in [1.82, 2.24) is 10.2 Å². The summed E-state index contributed by atoms with van der Waals surface area (Å²) in [6, 6.07) is 19.9. The zero-order valence-electron chi connectivity index (χ0n) is 19.8. The van der Waals surface area contributed by atoms with Crippen LogP contribution in [0.3, 0.4) is 0 Å². The van der Waals surface area contributed by atoms with E-state index in [0.29, 0.717) is 28.6 Å². The van der Waals surface area contributed by atoms with Gasteiger partial charge in [-0.2, -0.15) is 0 Å². The minimum atomic E-state index is -0.817. The number of carbonyl (C=O) groups excluding carboxylic acids is 2. The summed E-state index contributed by atoms with van der Waals surface area (Å²) in [6.45, 7) is 4.55. The highest BCUT2D eigenvalue weighted by Gasteiger charge is 2.31. The Bertz CT molecular complexity index is 1150. The van der Waals surface area contributed by atoms with Crippen LogP contribution in [0.5, 0.6) is 0 Å². The Hall–Kier alpha value is -2.89. The molecule has 0 radical (unpaired) electrons. The molecule has 35 heavy (non-hydrogen) atoms.